The largest absolute Gasteiger partial charge is 0.494 e. The van der Waals surface area contributed by atoms with Crippen LogP contribution >= 0.6 is 0 Å². The lowest BCUT2D eigenvalue weighted by Crippen LogP contribution is -2.22. The molecular formula is C27H26N8O4. The van der Waals surface area contributed by atoms with Gasteiger partial charge >= 0.3 is 0 Å². The predicted molar refractivity (Wildman–Crippen MR) is 145 cm³/mol. The molecule has 0 bridgehead atoms. The fourth-order valence-corrected chi connectivity index (χ4v) is 3.90. The van der Waals surface area contributed by atoms with Gasteiger partial charge < -0.3 is 26.0 Å². The molecule has 1 saturated carbocycles. The number of nitrogens with one attached hydrogen (secondary N) is 4. The molecule has 2 aromatic carbocycles. The lowest BCUT2D eigenvalue weighted by atomic mass is 10.1. The zero-order valence-corrected chi connectivity index (χ0v) is 21.3. The molecule has 4 aromatic rings. The number of hydrogen-bond acceptors (Lipinski definition) is 8. The maximum Gasteiger partial charge on any atom is 0.273 e. The molecule has 2 heterocycles. The predicted octanol–water partition coefficient (Wildman–Crippen LogP) is 3.37. The number of nitrogens with zero attached hydrogens (tertiary/aromatic N) is 4. The number of carbonyl (C=O) groups excluding carboxylic acids is 3. The zero-order chi connectivity index (χ0) is 27.4. The Labute approximate surface area is 223 Å². The lowest BCUT2D eigenvalue weighted by molar-refractivity contribution is -0.117. The van der Waals surface area contributed by atoms with Crippen molar-refractivity contribution in [2.75, 3.05) is 30.1 Å². The van der Waals surface area contributed by atoms with E-state index in [1.165, 1.54) is 20.2 Å². The third-order valence-corrected chi connectivity index (χ3v) is 6.06. The van der Waals surface area contributed by atoms with Crippen LogP contribution in [0.25, 0.3) is 5.69 Å². The molecule has 12 heteroatoms. The van der Waals surface area contributed by atoms with Crippen LogP contribution in [0.15, 0.2) is 67.0 Å². The number of rotatable bonds is 9. The second-order valence-corrected chi connectivity index (χ2v) is 8.80. The van der Waals surface area contributed by atoms with Gasteiger partial charge in [-0.05, 0) is 55.3 Å². The minimum Gasteiger partial charge on any atom is -0.494 e. The van der Waals surface area contributed by atoms with Gasteiger partial charge in [0.25, 0.3) is 11.8 Å². The van der Waals surface area contributed by atoms with Crippen LogP contribution in [0.4, 0.5) is 22.9 Å². The third-order valence-electron chi connectivity index (χ3n) is 6.06. The summed E-state index contributed by atoms with van der Waals surface area (Å²) in [5, 5.41) is 23.4. The van der Waals surface area contributed by atoms with Crippen molar-refractivity contribution in [3.05, 3.63) is 78.2 Å². The smallest absolute Gasteiger partial charge is 0.273 e. The van der Waals surface area contributed by atoms with Crippen molar-refractivity contribution in [1.29, 1.82) is 0 Å². The molecule has 3 amide bonds. The van der Waals surface area contributed by atoms with Crippen LogP contribution in [0.3, 0.4) is 0 Å². The monoisotopic (exact) mass is 526 g/mol. The van der Waals surface area contributed by atoms with Gasteiger partial charge in [0.05, 0.1) is 29.7 Å². The molecular weight excluding hydrogens is 500 g/mol. The summed E-state index contributed by atoms with van der Waals surface area (Å²) in [6.45, 7) is 0. The molecule has 0 spiro atoms. The van der Waals surface area contributed by atoms with Crippen LogP contribution in [0.2, 0.25) is 0 Å². The fraction of sp³-hybridized carbons (Fsp3) is 0.185. The maximum atomic E-state index is 13.2. The highest BCUT2D eigenvalue weighted by atomic mass is 16.5. The van der Waals surface area contributed by atoms with Gasteiger partial charge in [0.15, 0.2) is 17.3 Å². The normalized spacial score (nSPS) is 12.4. The molecule has 0 radical (unpaired) electrons. The van der Waals surface area contributed by atoms with Gasteiger partial charge in [0, 0.05) is 37.1 Å². The molecule has 1 fully saturated rings. The number of benzene rings is 2. The Kier molecular flexibility index (Phi) is 7.17. The number of aromatic nitrogens is 4. The third kappa shape index (κ3) is 5.69. The minimum atomic E-state index is -0.475. The number of methoxy groups -OCH3 is 1. The zero-order valence-electron chi connectivity index (χ0n) is 21.3. The first kappa shape index (κ1) is 25.4. The Morgan fingerprint density at radius 3 is 2.41 bits per heavy atom. The number of hydrogen-bond donors (Lipinski definition) is 4. The summed E-state index contributed by atoms with van der Waals surface area (Å²) in [5.74, 6) is -0.578. The van der Waals surface area contributed by atoms with E-state index in [0.29, 0.717) is 11.4 Å². The van der Waals surface area contributed by atoms with Crippen molar-refractivity contribution >= 4 is 40.6 Å². The van der Waals surface area contributed by atoms with Gasteiger partial charge in [0.1, 0.15) is 0 Å². The Hall–Kier alpha value is -5.26. The van der Waals surface area contributed by atoms with Crippen LogP contribution < -0.4 is 26.0 Å². The van der Waals surface area contributed by atoms with E-state index in [4.69, 9.17) is 4.74 Å². The molecule has 0 saturated heterocycles. The second kappa shape index (κ2) is 11.0. The van der Waals surface area contributed by atoms with Gasteiger partial charge in [-0.2, -0.15) is 5.10 Å². The van der Waals surface area contributed by atoms with Gasteiger partial charge in [-0.3, -0.25) is 14.4 Å². The highest BCUT2D eigenvalue weighted by Crippen LogP contribution is 2.34. The summed E-state index contributed by atoms with van der Waals surface area (Å²) >= 11 is 0. The van der Waals surface area contributed by atoms with E-state index in [1.807, 2.05) is 24.4 Å². The van der Waals surface area contributed by atoms with Crippen molar-refractivity contribution in [1.82, 2.24) is 25.3 Å². The minimum absolute atomic E-state index is 0.0103. The fourth-order valence-electron chi connectivity index (χ4n) is 3.90. The van der Waals surface area contributed by atoms with Crippen molar-refractivity contribution in [3.8, 4) is 11.4 Å². The van der Waals surface area contributed by atoms with Gasteiger partial charge in [-0.15, -0.1) is 10.2 Å². The Morgan fingerprint density at radius 2 is 1.74 bits per heavy atom. The van der Waals surface area contributed by atoms with E-state index >= 15 is 0 Å². The Morgan fingerprint density at radius 1 is 0.949 bits per heavy atom. The number of para-hydroxylation sites is 1. The molecule has 2 aromatic heterocycles. The van der Waals surface area contributed by atoms with Crippen LogP contribution in [0, 0.1) is 5.92 Å². The summed E-state index contributed by atoms with van der Waals surface area (Å²) in [7, 11) is 2.92. The Balaban J connectivity index is 1.39. The number of carbonyl (C=O) groups is 3. The molecule has 1 aliphatic carbocycles. The molecule has 5 rings (SSSR count). The first-order valence-electron chi connectivity index (χ1n) is 12.2. The van der Waals surface area contributed by atoms with Gasteiger partial charge in [-0.1, -0.05) is 6.07 Å². The number of anilines is 4. The molecule has 0 atom stereocenters. The van der Waals surface area contributed by atoms with Crippen molar-refractivity contribution < 1.29 is 19.1 Å². The first-order valence-corrected chi connectivity index (χ1v) is 12.2. The summed E-state index contributed by atoms with van der Waals surface area (Å²) in [4.78, 5) is 37.9. The molecule has 0 unspecified atom stereocenters. The molecule has 0 aliphatic heterocycles. The van der Waals surface area contributed by atoms with E-state index < -0.39 is 5.91 Å². The van der Waals surface area contributed by atoms with Crippen molar-refractivity contribution in [2.24, 2.45) is 5.92 Å². The van der Waals surface area contributed by atoms with Crippen molar-refractivity contribution in [2.45, 2.75) is 12.8 Å². The van der Waals surface area contributed by atoms with E-state index in [0.717, 1.165) is 18.5 Å². The van der Waals surface area contributed by atoms with E-state index in [2.05, 4.69) is 36.6 Å². The second-order valence-electron chi connectivity index (χ2n) is 8.80. The van der Waals surface area contributed by atoms with Gasteiger partial charge in [-0.25, -0.2) is 4.68 Å². The average molecular weight is 527 g/mol. The molecule has 1 aliphatic rings. The van der Waals surface area contributed by atoms with Crippen LogP contribution in [0.5, 0.6) is 5.75 Å². The quantitative estimate of drug-likeness (QED) is 0.259. The molecule has 39 heavy (non-hydrogen) atoms. The standard InChI is InChI=1S/C27H26N8O4/c1-28-27(38)23-21(15-22(33-34-23)32-25(36)16-7-8-16)31-20-6-3-5-19(24(20)39-2)26(37)30-17-9-11-18(12-10-17)35-14-4-13-29-35/h3-6,9-16H,7-8H2,1-2H3,(H,28,38)(H,30,37)(H2,31,32,33,36). The summed E-state index contributed by atoms with van der Waals surface area (Å²) in [6.07, 6.45) is 5.19. The van der Waals surface area contributed by atoms with Crippen LogP contribution in [-0.4, -0.2) is 51.9 Å². The van der Waals surface area contributed by atoms with Crippen molar-refractivity contribution in [3.63, 3.8) is 0 Å². The summed E-state index contributed by atoms with van der Waals surface area (Å²) < 4.78 is 7.31. The average Bonchev–Trinajstić information content (AvgIpc) is 3.67. The van der Waals surface area contributed by atoms with Crippen LogP contribution in [-0.2, 0) is 4.79 Å². The highest BCUT2D eigenvalue weighted by molar-refractivity contribution is 6.08. The van der Waals surface area contributed by atoms with E-state index in [1.54, 1.807) is 41.2 Å². The summed E-state index contributed by atoms with van der Waals surface area (Å²) in [6, 6.07) is 15.6. The van der Waals surface area contributed by atoms with E-state index in [-0.39, 0.29) is 46.2 Å². The van der Waals surface area contributed by atoms with Crippen LogP contribution in [0.1, 0.15) is 33.7 Å². The first-order chi connectivity index (χ1) is 19.0. The molecule has 198 valence electrons. The number of ether oxygens (including phenoxy) is 1. The Bertz CT molecular complexity index is 1520. The topological polar surface area (TPSA) is 152 Å². The van der Waals surface area contributed by atoms with Gasteiger partial charge in [0.2, 0.25) is 5.91 Å². The number of amides is 3. The summed E-state index contributed by atoms with van der Waals surface area (Å²) in [5.41, 5.74) is 2.41. The molecule has 4 N–H and O–H groups in total. The molecule has 12 nitrogen and oxygen atoms in total. The SMILES string of the molecule is CNC(=O)c1nnc(NC(=O)C2CC2)cc1Nc1cccc(C(=O)Nc2ccc(-n3cccn3)cc2)c1OC. The van der Waals surface area contributed by atoms with E-state index in [9.17, 15) is 14.4 Å². The maximum absolute atomic E-state index is 13.2. The highest BCUT2D eigenvalue weighted by Gasteiger charge is 2.30. The lowest BCUT2D eigenvalue weighted by Gasteiger charge is -2.17.